The highest BCUT2D eigenvalue weighted by atomic mass is 16.4. The number of carboxylic acid groups (broad SMARTS) is 2. The van der Waals surface area contributed by atoms with Crippen LogP contribution in [0.25, 0.3) is 0 Å². The van der Waals surface area contributed by atoms with E-state index in [9.17, 15) is 9.59 Å². The molecule has 1 aromatic heterocycles. The molecule has 0 bridgehead atoms. The summed E-state index contributed by atoms with van der Waals surface area (Å²) in [6.07, 6.45) is 2.99. The van der Waals surface area contributed by atoms with E-state index in [0.717, 1.165) is 36.9 Å². The lowest BCUT2D eigenvalue weighted by molar-refractivity contribution is -0.134. The maximum Gasteiger partial charge on any atom is 0.328 e. The second-order valence-electron chi connectivity index (χ2n) is 5.63. The van der Waals surface area contributed by atoms with E-state index < -0.39 is 11.9 Å². The van der Waals surface area contributed by atoms with Gasteiger partial charge in [0.05, 0.1) is 23.1 Å². The molecule has 126 valence electrons. The van der Waals surface area contributed by atoms with Crippen LogP contribution in [-0.4, -0.2) is 52.8 Å². The minimum absolute atomic E-state index is 0.558. The fraction of sp³-hybridized carbons (Fsp3) is 0.375. The van der Waals surface area contributed by atoms with Gasteiger partial charge in [-0.15, -0.1) is 0 Å². The van der Waals surface area contributed by atoms with Crippen molar-refractivity contribution in [3.8, 4) is 6.07 Å². The Morgan fingerprint density at radius 3 is 2.46 bits per heavy atom. The molecule has 2 aliphatic rings. The van der Waals surface area contributed by atoms with Crippen molar-refractivity contribution < 1.29 is 19.8 Å². The van der Waals surface area contributed by atoms with Crippen molar-refractivity contribution in [3.05, 3.63) is 35.7 Å². The fourth-order valence-electron chi connectivity index (χ4n) is 2.61. The lowest BCUT2D eigenvalue weighted by atomic mass is 9.96. The molecule has 2 saturated heterocycles. The monoisotopic (exact) mass is 330 g/mol. The molecule has 8 nitrogen and oxygen atoms in total. The first-order valence-corrected chi connectivity index (χ1v) is 7.39. The molecule has 0 amide bonds. The summed E-state index contributed by atoms with van der Waals surface area (Å²) in [5.41, 5.74) is 2.58. The molecule has 0 spiro atoms. The van der Waals surface area contributed by atoms with Gasteiger partial charge in [-0.2, -0.15) is 5.26 Å². The zero-order valence-electron chi connectivity index (χ0n) is 13.1. The van der Waals surface area contributed by atoms with Crippen LogP contribution in [-0.2, 0) is 9.59 Å². The molecule has 2 fully saturated rings. The molecule has 1 aromatic rings. The van der Waals surface area contributed by atoms with Crippen molar-refractivity contribution in [3.63, 3.8) is 0 Å². The van der Waals surface area contributed by atoms with Gasteiger partial charge in [0.25, 0.3) is 0 Å². The minimum atomic E-state index is -1.26. The van der Waals surface area contributed by atoms with Crippen LogP contribution in [0.15, 0.2) is 24.4 Å². The lowest BCUT2D eigenvalue weighted by Gasteiger charge is -2.29. The summed E-state index contributed by atoms with van der Waals surface area (Å²) in [6, 6.07) is 4.79. The van der Waals surface area contributed by atoms with Gasteiger partial charge >= 0.3 is 11.9 Å². The SMILES string of the molecule is Cc1ncc(N2C[C@@H]3CN[C@@H]3C2)cc1C#N.O=C(O)/C=C/C(=O)O. The summed E-state index contributed by atoms with van der Waals surface area (Å²) in [6.45, 7) is 5.14. The van der Waals surface area contributed by atoms with Crippen LogP contribution in [0.3, 0.4) is 0 Å². The summed E-state index contributed by atoms with van der Waals surface area (Å²) in [4.78, 5) is 25.7. The van der Waals surface area contributed by atoms with Crippen LogP contribution >= 0.6 is 0 Å². The smallest absolute Gasteiger partial charge is 0.328 e. The Morgan fingerprint density at radius 1 is 1.38 bits per heavy atom. The van der Waals surface area contributed by atoms with Gasteiger partial charge in [-0.1, -0.05) is 0 Å². The Labute approximate surface area is 139 Å². The second kappa shape index (κ2) is 7.57. The maximum atomic E-state index is 9.55. The first kappa shape index (κ1) is 17.4. The molecular formula is C16H18N4O4. The molecule has 3 rings (SSSR count). The number of aryl methyl sites for hydroxylation is 1. The summed E-state index contributed by atoms with van der Waals surface area (Å²) in [7, 11) is 0. The van der Waals surface area contributed by atoms with Crippen LogP contribution in [0, 0.1) is 24.2 Å². The van der Waals surface area contributed by atoms with Crippen molar-refractivity contribution in [2.75, 3.05) is 24.5 Å². The number of hydrogen-bond donors (Lipinski definition) is 3. The highest BCUT2D eigenvalue weighted by molar-refractivity contribution is 5.89. The predicted molar refractivity (Wildman–Crippen MR) is 85.6 cm³/mol. The van der Waals surface area contributed by atoms with E-state index in [-0.39, 0.29) is 0 Å². The predicted octanol–water partition coefficient (Wildman–Crippen LogP) is 0.381. The number of aromatic nitrogens is 1. The van der Waals surface area contributed by atoms with Crippen LogP contribution < -0.4 is 10.2 Å². The Bertz CT molecular complexity index is 683. The Balaban J connectivity index is 0.000000224. The minimum Gasteiger partial charge on any atom is -0.478 e. The molecule has 0 radical (unpaired) electrons. The number of fused-ring (bicyclic) bond motifs is 1. The number of nitriles is 1. The number of anilines is 1. The van der Waals surface area contributed by atoms with Crippen molar-refractivity contribution >= 4 is 17.6 Å². The Kier molecular flexibility index (Phi) is 5.50. The largest absolute Gasteiger partial charge is 0.478 e. The number of carboxylic acids is 2. The molecular weight excluding hydrogens is 312 g/mol. The molecule has 3 N–H and O–H groups in total. The van der Waals surface area contributed by atoms with Crippen molar-refractivity contribution in [2.24, 2.45) is 5.92 Å². The molecule has 2 aliphatic heterocycles. The standard InChI is InChI=1S/C12H14N4.C4H4O4/c1-8-9(3-13)2-11(5-14-8)16-6-10-4-15-12(10)7-16;5-3(6)1-2-4(7)8/h2,5,10,12,15H,4,6-7H2,1H3;1-2H,(H,5,6)(H,7,8)/b;2-1+/t10-,12+;/m0./s1. The quantitative estimate of drug-likeness (QED) is 0.679. The van der Waals surface area contributed by atoms with Gasteiger partial charge in [-0.25, -0.2) is 9.59 Å². The molecule has 0 unspecified atom stereocenters. The van der Waals surface area contributed by atoms with Gasteiger partial charge in [-0.05, 0) is 13.0 Å². The Morgan fingerprint density at radius 2 is 2.04 bits per heavy atom. The second-order valence-corrected chi connectivity index (χ2v) is 5.63. The third-order valence-corrected chi connectivity index (χ3v) is 4.01. The molecule has 3 heterocycles. The number of hydrogen-bond acceptors (Lipinski definition) is 6. The van der Waals surface area contributed by atoms with Crippen molar-refractivity contribution in [1.29, 1.82) is 5.26 Å². The number of rotatable bonds is 3. The number of carbonyl (C=O) groups is 2. The summed E-state index contributed by atoms with van der Waals surface area (Å²) in [5.74, 6) is -1.73. The first-order chi connectivity index (χ1) is 11.4. The van der Waals surface area contributed by atoms with Gasteiger partial charge in [0.2, 0.25) is 0 Å². The van der Waals surface area contributed by atoms with Gasteiger partial charge < -0.3 is 20.4 Å². The van der Waals surface area contributed by atoms with E-state index >= 15 is 0 Å². The normalized spacial score (nSPS) is 21.2. The summed E-state index contributed by atoms with van der Waals surface area (Å²) in [5, 5.41) is 28.0. The number of nitrogens with zero attached hydrogens (tertiary/aromatic N) is 3. The average molecular weight is 330 g/mol. The average Bonchev–Trinajstić information content (AvgIpc) is 2.82. The van der Waals surface area contributed by atoms with Gasteiger partial charge in [0.1, 0.15) is 6.07 Å². The molecule has 2 atom stereocenters. The highest BCUT2D eigenvalue weighted by Crippen LogP contribution is 2.28. The van der Waals surface area contributed by atoms with E-state index in [2.05, 4.69) is 21.3 Å². The lowest BCUT2D eigenvalue weighted by Crippen LogP contribution is -2.51. The first-order valence-electron chi connectivity index (χ1n) is 7.39. The van der Waals surface area contributed by atoms with Crippen LogP contribution in [0.2, 0.25) is 0 Å². The van der Waals surface area contributed by atoms with Crippen molar-refractivity contribution in [2.45, 2.75) is 13.0 Å². The number of aliphatic carboxylic acids is 2. The van der Waals surface area contributed by atoms with Gasteiger partial charge in [0, 0.05) is 43.7 Å². The van der Waals surface area contributed by atoms with Crippen molar-refractivity contribution in [1.82, 2.24) is 10.3 Å². The van der Waals surface area contributed by atoms with E-state index in [1.165, 1.54) is 0 Å². The summed E-state index contributed by atoms with van der Waals surface area (Å²) < 4.78 is 0. The fourth-order valence-corrected chi connectivity index (χ4v) is 2.61. The maximum absolute atomic E-state index is 9.55. The third-order valence-electron chi connectivity index (χ3n) is 4.01. The zero-order valence-corrected chi connectivity index (χ0v) is 13.1. The van der Waals surface area contributed by atoms with E-state index in [1.54, 1.807) is 0 Å². The zero-order chi connectivity index (χ0) is 17.7. The molecule has 0 saturated carbocycles. The third kappa shape index (κ3) is 4.30. The molecule has 8 heteroatoms. The van der Waals surface area contributed by atoms with E-state index in [0.29, 0.717) is 23.8 Å². The Hall–Kier alpha value is -2.92. The number of nitrogens with one attached hydrogen (secondary N) is 1. The van der Waals surface area contributed by atoms with Gasteiger partial charge in [0.15, 0.2) is 0 Å². The van der Waals surface area contributed by atoms with Gasteiger partial charge in [-0.3, -0.25) is 4.98 Å². The highest BCUT2D eigenvalue weighted by Gasteiger charge is 2.39. The van der Waals surface area contributed by atoms with E-state index in [1.807, 2.05) is 19.2 Å². The molecule has 0 aliphatic carbocycles. The van der Waals surface area contributed by atoms with Crippen LogP contribution in [0.1, 0.15) is 11.3 Å². The summed E-state index contributed by atoms with van der Waals surface area (Å²) >= 11 is 0. The van der Waals surface area contributed by atoms with E-state index in [4.69, 9.17) is 15.5 Å². The number of pyridine rings is 1. The molecule has 24 heavy (non-hydrogen) atoms. The van der Waals surface area contributed by atoms with Crippen LogP contribution in [0.4, 0.5) is 5.69 Å². The topological polar surface area (TPSA) is 127 Å². The van der Waals surface area contributed by atoms with Crippen LogP contribution in [0.5, 0.6) is 0 Å². The molecule has 0 aromatic carbocycles.